The van der Waals surface area contributed by atoms with Crippen molar-refractivity contribution in [2.75, 3.05) is 19.6 Å². The molecule has 6 heteroatoms. The van der Waals surface area contributed by atoms with Gasteiger partial charge in [-0.2, -0.15) is 0 Å². The summed E-state index contributed by atoms with van der Waals surface area (Å²) in [5.74, 6) is -0.0241. The maximum absolute atomic E-state index is 13.5. The van der Waals surface area contributed by atoms with Gasteiger partial charge in [0, 0.05) is 43.5 Å². The smallest absolute Gasteiger partial charge is 0.253 e. The second-order valence-electron chi connectivity index (χ2n) is 9.75. The van der Waals surface area contributed by atoms with Crippen LogP contribution >= 0.6 is 0 Å². The third-order valence-corrected chi connectivity index (χ3v) is 7.53. The van der Waals surface area contributed by atoms with E-state index >= 15 is 0 Å². The summed E-state index contributed by atoms with van der Waals surface area (Å²) in [4.78, 5) is 31.6. The quantitative estimate of drug-likeness (QED) is 0.500. The van der Waals surface area contributed by atoms with Gasteiger partial charge in [-0.25, -0.2) is 4.39 Å². The van der Waals surface area contributed by atoms with Crippen LogP contribution in [-0.2, 0) is 11.2 Å². The van der Waals surface area contributed by atoms with E-state index in [-0.39, 0.29) is 29.0 Å². The molecule has 1 aromatic heterocycles. The molecule has 2 heterocycles. The lowest BCUT2D eigenvalue weighted by Crippen LogP contribution is -2.40. The first kappa shape index (κ1) is 23.2. The number of aromatic nitrogens is 1. The number of piperidine rings is 1. The molecule has 5 rings (SSSR count). The Hall–Kier alpha value is -3.54. The molecule has 1 spiro atoms. The Morgan fingerprint density at radius 2 is 1.74 bits per heavy atom. The zero-order chi connectivity index (χ0) is 24.3. The molecule has 3 aromatic rings. The third-order valence-electron chi connectivity index (χ3n) is 7.53. The number of carbonyl (C=O) groups excluding carboxylic acids is 2. The van der Waals surface area contributed by atoms with Crippen molar-refractivity contribution < 1.29 is 14.0 Å². The summed E-state index contributed by atoms with van der Waals surface area (Å²) in [6.45, 7) is 2.04. The van der Waals surface area contributed by atoms with Gasteiger partial charge in [0.25, 0.3) is 5.91 Å². The van der Waals surface area contributed by atoms with Gasteiger partial charge in [-0.15, -0.1) is 0 Å². The molecule has 2 amide bonds. The fraction of sp³-hybridized carbons (Fsp3) is 0.345. The summed E-state index contributed by atoms with van der Waals surface area (Å²) in [6.07, 6.45) is 8.09. The number of amides is 2. The molecule has 1 aliphatic carbocycles. The van der Waals surface area contributed by atoms with E-state index in [0.717, 1.165) is 43.2 Å². The normalized spacial score (nSPS) is 18.3. The average molecular weight is 472 g/mol. The lowest BCUT2D eigenvalue weighted by atomic mass is 9.90. The van der Waals surface area contributed by atoms with E-state index < -0.39 is 0 Å². The van der Waals surface area contributed by atoms with Crippen LogP contribution in [0.1, 0.15) is 41.6 Å². The first-order valence-electron chi connectivity index (χ1n) is 12.4. The molecule has 2 fully saturated rings. The molecule has 1 saturated heterocycles. The van der Waals surface area contributed by atoms with Crippen molar-refractivity contribution in [1.29, 1.82) is 0 Å². The SMILES string of the molecule is O=C(NCCCc1ccncc1)C1CC12CCN(C(=O)c1ccc(-c3cccc(F)c3)cc1)CC2. The zero-order valence-corrected chi connectivity index (χ0v) is 19.8. The molecule has 1 unspecified atom stereocenters. The number of aryl methyl sites for hydroxylation is 1. The molecule has 1 saturated carbocycles. The maximum atomic E-state index is 13.5. The highest BCUT2D eigenvalue weighted by molar-refractivity contribution is 5.95. The van der Waals surface area contributed by atoms with Gasteiger partial charge in [0.1, 0.15) is 5.82 Å². The Morgan fingerprint density at radius 1 is 1.00 bits per heavy atom. The van der Waals surface area contributed by atoms with Crippen LogP contribution in [0.25, 0.3) is 11.1 Å². The number of hydrogen-bond acceptors (Lipinski definition) is 3. The number of halogens is 1. The number of benzene rings is 2. The Labute approximate surface area is 205 Å². The summed E-state index contributed by atoms with van der Waals surface area (Å²) in [5.41, 5.74) is 3.61. The summed E-state index contributed by atoms with van der Waals surface area (Å²) >= 11 is 0. The molecule has 2 aliphatic rings. The monoisotopic (exact) mass is 471 g/mol. The van der Waals surface area contributed by atoms with Gasteiger partial charge >= 0.3 is 0 Å². The van der Waals surface area contributed by atoms with Crippen molar-refractivity contribution in [2.24, 2.45) is 11.3 Å². The zero-order valence-electron chi connectivity index (χ0n) is 19.8. The van der Waals surface area contributed by atoms with Crippen LogP contribution < -0.4 is 5.32 Å². The second kappa shape index (κ2) is 9.98. The molecule has 0 bridgehead atoms. The number of carbonyl (C=O) groups is 2. The van der Waals surface area contributed by atoms with Crippen molar-refractivity contribution in [3.05, 3.63) is 90.0 Å². The Kier molecular flexibility index (Phi) is 6.62. The van der Waals surface area contributed by atoms with E-state index in [1.54, 1.807) is 18.5 Å². The first-order chi connectivity index (χ1) is 17.0. The topological polar surface area (TPSA) is 62.3 Å². The number of rotatable bonds is 7. The highest BCUT2D eigenvalue weighted by atomic mass is 19.1. The predicted molar refractivity (Wildman–Crippen MR) is 133 cm³/mol. The molecule has 2 aromatic carbocycles. The Morgan fingerprint density at radius 3 is 2.46 bits per heavy atom. The van der Waals surface area contributed by atoms with Crippen molar-refractivity contribution in [3.8, 4) is 11.1 Å². The van der Waals surface area contributed by atoms with Gasteiger partial charge in [-0.3, -0.25) is 14.6 Å². The first-order valence-corrected chi connectivity index (χ1v) is 12.4. The van der Waals surface area contributed by atoms with Gasteiger partial charge in [0.15, 0.2) is 0 Å². The number of nitrogens with zero attached hydrogens (tertiary/aromatic N) is 2. The molecule has 180 valence electrons. The summed E-state index contributed by atoms with van der Waals surface area (Å²) < 4.78 is 13.5. The molecular weight excluding hydrogens is 441 g/mol. The van der Waals surface area contributed by atoms with Gasteiger partial charge in [0.2, 0.25) is 5.91 Å². The Bertz CT molecular complexity index is 1190. The number of pyridine rings is 1. The average Bonchev–Trinajstić information content (AvgIpc) is 3.60. The molecule has 35 heavy (non-hydrogen) atoms. The van der Waals surface area contributed by atoms with Crippen molar-refractivity contribution in [2.45, 2.75) is 32.1 Å². The van der Waals surface area contributed by atoms with Crippen molar-refractivity contribution in [3.63, 3.8) is 0 Å². The number of nitrogens with one attached hydrogen (secondary N) is 1. The summed E-state index contributed by atoms with van der Waals surface area (Å²) in [5, 5.41) is 3.11. The lowest BCUT2D eigenvalue weighted by molar-refractivity contribution is -0.123. The van der Waals surface area contributed by atoms with Crippen LogP contribution in [-0.4, -0.2) is 41.3 Å². The largest absolute Gasteiger partial charge is 0.356 e. The minimum Gasteiger partial charge on any atom is -0.356 e. The third kappa shape index (κ3) is 5.26. The number of hydrogen-bond donors (Lipinski definition) is 1. The van der Waals surface area contributed by atoms with E-state index in [4.69, 9.17) is 0 Å². The van der Waals surface area contributed by atoms with Crippen molar-refractivity contribution in [1.82, 2.24) is 15.2 Å². The van der Waals surface area contributed by atoms with E-state index in [9.17, 15) is 14.0 Å². The predicted octanol–water partition coefficient (Wildman–Crippen LogP) is 4.88. The fourth-order valence-corrected chi connectivity index (χ4v) is 5.26. The van der Waals surface area contributed by atoms with Gasteiger partial charge in [-0.1, -0.05) is 24.3 Å². The van der Waals surface area contributed by atoms with Crippen LogP contribution in [0.3, 0.4) is 0 Å². The summed E-state index contributed by atoms with van der Waals surface area (Å²) in [6, 6.07) is 17.8. The van der Waals surface area contributed by atoms with E-state index in [1.807, 2.05) is 47.4 Å². The van der Waals surface area contributed by atoms with Crippen LogP contribution in [0.4, 0.5) is 4.39 Å². The molecule has 5 nitrogen and oxygen atoms in total. The standard InChI is InChI=1S/C29H30FN3O2/c30-25-5-1-4-24(19-25)22-6-8-23(9-7-22)28(35)33-17-12-29(13-18-33)20-26(29)27(34)32-14-2-3-21-10-15-31-16-11-21/h1,4-11,15-16,19,26H,2-3,12-14,17-18,20H2,(H,32,34). The minimum absolute atomic E-state index is 0.0170. The highest BCUT2D eigenvalue weighted by Gasteiger charge is 2.58. The molecule has 1 aliphatic heterocycles. The molecule has 0 radical (unpaired) electrons. The maximum Gasteiger partial charge on any atom is 0.253 e. The van der Waals surface area contributed by atoms with Gasteiger partial charge in [0.05, 0.1) is 0 Å². The number of likely N-dealkylation sites (tertiary alicyclic amines) is 1. The Balaban J connectivity index is 1.08. The highest BCUT2D eigenvalue weighted by Crippen LogP contribution is 2.59. The van der Waals surface area contributed by atoms with E-state index in [2.05, 4.69) is 10.3 Å². The van der Waals surface area contributed by atoms with Crippen LogP contribution in [0.5, 0.6) is 0 Å². The minimum atomic E-state index is -0.276. The fourth-order valence-electron chi connectivity index (χ4n) is 5.26. The van der Waals surface area contributed by atoms with E-state index in [1.165, 1.54) is 17.7 Å². The second-order valence-corrected chi connectivity index (χ2v) is 9.75. The van der Waals surface area contributed by atoms with Crippen molar-refractivity contribution >= 4 is 11.8 Å². The van der Waals surface area contributed by atoms with Crippen LogP contribution in [0, 0.1) is 17.2 Å². The molecule has 1 atom stereocenters. The molecule has 1 N–H and O–H groups in total. The van der Waals surface area contributed by atoms with Crippen LogP contribution in [0.2, 0.25) is 0 Å². The van der Waals surface area contributed by atoms with Crippen LogP contribution in [0.15, 0.2) is 73.1 Å². The van der Waals surface area contributed by atoms with Gasteiger partial charge < -0.3 is 10.2 Å². The van der Waals surface area contributed by atoms with E-state index in [0.29, 0.717) is 25.2 Å². The molecular formula is C29H30FN3O2. The summed E-state index contributed by atoms with van der Waals surface area (Å²) in [7, 11) is 0. The van der Waals surface area contributed by atoms with Gasteiger partial charge in [-0.05, 0) is 90.6 Å². The lowest BCUT2D eigenvalue weighted by Gasteiger charge is -2.33.